The van der Waals surface area contributed by atoms with Gasteiger partial charge in [0.05, 0.1) is 0 Å². The van der Waals surface area contributed by atoms with Crippen LogP contribution in [0.2, 0.25) is 0 Å². The molecule has 0 amide bonds. The summed E-state index contributed by atoms with van der Waals surface area (Å²) in [5, 5.41) is 0. The van der Waals surface area contributed by atoms with E-state index in [0.29, 0.717) is 6.04 Å². The van der Waals surface area contributed by atoms with Crippen molar-refractivity contribution >= 4 is 0 Å². The van der Waals surface area contributed by atoms with E-state index in [9.17, 15) is 0 Å². The highest BCUT2D eigenvalue weighted by Crippen LogP contribution is 2.12. The van der Waals surface area contributed by atoms with Crippen molar-refractivity contribution in [2.75, 3.05) is 13.1 Å². The van der Waals surface area contributed by atoms with Gasteiger partial charge in [-0.2, -0.15) is 0 Å². The van der Waals surface area contributed by atoms with Crippen LogP contribution in [0.25, 0.3) is 0 Å². The van der Waals surface area contributed by atoms with Crippen molar-refractivity contribution in [2.45, 2.75) is 52.6 Å². The second-order valence-electron chi connectivity index (χ2n) is 4.38. The summed E-state index contributed by atoms with van der Waals surface area (Å²) in [5.41, 5.74) is 6.16. The predicted molar refractivity (Wildman–Crippen MR) is 55.3 cm³/mol. The molecule has 0 rings (SSSR count). The summed E-state index contributed by atoms with van der Waals surface area (Å²) < 4.78 is 0. The molecule has 0 aromatic rings. The second-order valence-corrected chi connectivity index (χ2v) is 4.38. The van der Waals surface area contributed by atoms with Gasteiger partial charge in [-0.3, -0.25) is 4.90 Å². The summed E-state index contributed by atoms with van der Waals surface area (Å²) in [5.74, 6) is 0. The van der Waals surface area contributed by atoms with Gasteiger partial charge in [-0.05, 0) is 33.7 Å². The fraction of sp³-hybridized carbons (Fsp3) is 1.00. The van der Waals surface area contributed by atoms with E-state index in [0.717, 1.165) is 19.5 Å². The molecule has 1 atom stereocenters. The lowest BCUT2D eigenvalue weighted by Gasteiger charge is -2.36. The minimum absolute atomic E-state index is 0.252. The molecule has 0 radical (unpaired) electrons. The Morgan fingerprint density at radius 3 is 2.00 bits per heavy atom. The molecule has 74 valence electrons. The van der Waals surface area contributed by atoms with E-state index >= 15 is 0 Å². The first-order valence-electron chi connectivity index (χ1n) is 4.92. The minimum Gasteiger partial charge on any atom is -0.327 e. The molecule has 0 aliphatic carbocycles. The average Bonchev–Trinajstić information content (AvgIpc) is 1.97. The molecule has 0 heterocycles. The average molecular weight is 172 g/mol. The Morgan fingerprint density at radius 1 is 1.25 bits per heavy atom. The third-order valence-electron chi connectivity index (χ3n) is 2.31. The molecule has 1 unspecified atom stereocenters. The lowest BCUT2D eigenvalue weighted by molar-refractivity contribution is 0.135. The lowest BCUT2D eigenvalue weighted by atomic mass is 10.0. The van der Waals surface area contributed by atoms with Crippen LogP contribution in [0.4, 0.5) is 0 Å². The zero-order chi connectivity index (χ0) is 9.78. The first-order chi connectivity index (χ1) is 5.41. The van der Waals surface area contributed by atoms with Crippen molar-refractivity contribution in [1.29, 1.82) is 0 Å². The molecule has 0 saturated carbocycles. The van der Waals surface area contributed by atoms with Crippen LogP contribution in [-0.2, 0) is 0 Å². The zero-order valence-electron chi connectivity index (χ0n) is 9.22. The SMILES string of the molecule is CCC(N)CN(CC)C(C)(C)C. The highest BCUT2D eigenvalue weighted by atomic mass is 15.2. The number of rotatable bonds is 4. The van der Waals surface area contributed by atoms with Gasteiger partial charge in [0, 0.05) is 18.1 Å². The summed E-state index contributed by atoms with van der Waals surface area (Å²) in [6, 6.07) is 0.323. The first kappa shape index (κ1) is 11.9. The van der Waals surface area contributed by atoms with Gasteiger partial charge in [-0.1, -0.05) is 13.8 Å². The molecular formula is C10H24N2. The smallest absolute Gasteiger partial charge is 0.0165 e. The summed E-state index contributed by atoms with van der Waals surface area (Å²) >= 11 is 0. The van der Waals surface area contributed by atoms with Gasteiger partial charge in [-0.15, -0.1) is 0 Å². The van der Waals surface area contributed by atoms with Gasteiger partial charge in [0.2, 0.25) is 0 Å². The van der Waals surface area contributed by atoms with Gasteiger partial charge < -0.3 is 5.73 Å². The van der Waals surface area contributed by atoms with Crippen LogP contribution < -0.4 is 5.73 Å². The fourth-order valence-electron chi connectivity index (χ4n) is 1.29. The van der Waals surface area contributed by atoms with Gasteiger partial charge in [0.25, 0.3) is 0 Å². The number of likely N-dealkylation sites (N-methyl/N-ethyl adjacent to an activating group) is 1. The van der Waals surface area contributed by atoms with Crippen molar-refractivity contribution in [2.24, 2.45) is 5.73 Å². The molecule has 0 spiro atoms. The van der Waals surface area contributed by atoms with Crippen molar-refractivity contribution in [3.63, 3.8) is 0 Å². The molecule has 0 aromatic heterocycles. The molecule has 2 heteroatoms. The van der Waals surface area contributed by atoms with Crippen LogP contribution in [0, 0.1) is 0 Å². The van der Waals surface area contributed by atoms with E-state index in [2.05, 4.69) is 39.5 Å². The molecule has 0 aliphatic heterocycles. The third kappa shape index (κ3) is 4.07. The number of hydrogen-bond donors (Lipinski definition) is 1. The largest absolute Gasteiger partial charge is 0.327 e. The topological polar surface area (TPSA) is 29.3 Å². The Morgan fingerprint density at radius 2 is 1.75 bits per heavy atom. The van der Waals surface area contributed by atoms with Gasteiger partial charge in [0.1, 0.15) is 0 Å². The van der Waals surface area contributed by atoms with Crippen LogP contribution in [0.1, 0.15) is 41.0 Å². The Labute approximate surface area is 77.1 Å². The van der Waals surface area contributed by atoms with E-state index in [1.54, 1.807) is 0 Å². The summed E-state index contributed by atoms with van der Waals surface area (Å²) in [6.07, 6.45) is 1.06. The van der Waals surface area contributed by atoms with E-state index in [1.165, 1.54) is 0 Å². The van der Waals surface area contributed by atoms with Gasteiger partial charge >= 0.3 is 0 Å². The monoisotopic (exact) mass is 172 g/mol. The van der Waals surface area contributed by atoms with E-state index in [4.69, 9.17) is 5.73 Å². The molecule has 12 heavy (non-hydrogen) atoms. The van der Waals surface area contributed by atoms with Crippen LogP contribution >= 0.6 is 0 Å². The van der Waals surface area contributed by atoms with Crippen molar-refractivity contribution in [3.05, 3.63) is 0 Å². The van der Waals surface area contributed by atoms with Crippen LogP contribution in [0.3, 0.4) is 0 Å². The first-order valence-corrected chi connectivity index (χ1v) is 4.92. The summed E-state index contributed by atoms with van der Waals surface area (Å²) in [6.45, 7) is 13.1. The Bertz CT molecular complexity index is 115. The predicted octanol–water partition coefficient (Wildman–Crippen LogP) is 1.84. The molecular weight excluding hydrogens is 148 g/mol. The molecule has 0 aromatic carbocycles. The molecule has 0 fully saturated rings. The molecule has 0 saturated heterocycles. The maximum absolute atomic E-state index is 5.90. The van der Waals surface area contributed by atoms with E-state index in [1.807, 2.05) is 0 Å². The van der Waals surface area contributed by atoms with E-state index < -0.39 is 0 Å². The Hall–Kier alpha value is -0.0800. The van der Waals surface area contributed by atoms with Crippen LogP contribution in [0.5, 0.6) is 0 Å². The Balaban J connectivity index is 4.00. The highest BCUT2D eigenvalue weighted by Gasteiger charge is 2.20. The van der Waals surface area contributed by atoms with Crippen molar-refractivity contribution in [3.8, 4) is 0 Å². The summed E-state index contributed by atoms with van der Waals surface area (Å²) in [7, 11) is 0. The van der Waals surface area contributed by atoms with Crippen molar-refractivity contribution < 1.29 is 0 Å². The maximum atomic E-state index is 5.90. The molecule has 0 bridgehead atoms. The normalized spacial score (nSPS) is 15.2. The molecule has 0 aliphatic rings. The molecule has 2 N–H and O–H groups in total. The number of nitrogens with two attached hydrogens (primary N) is 1. The van der Waals surface area contributed by atoms with Gasteiger partial charge in [0.15, 0.2) is 0 Å². The number of hydrogen-bond acceptors (Lipinski definition) is 2. The maximum Gasteiger partial charge on any atom is 0.0165 e. The quantitative estimate of drug-likeness (QED) is 0.701. The van der Waals surface area contributed by atoms with Crippen LogP contribution in [0.15, 0.2) is 0 Å². The molecule has 2 nitrogen and oxygen atoms in total. The number of nitrogens with zero attached hydrogens (tertiary/aromatic N) is 1. The minimum atomic E-state index is 0.252. The second kappa shape index (κ2) is 4.83. The fourth-order valence-corrected chi connectivity index (χ4v) is 1.29. The van der Waals surface area contributed by atoms with Crippen molar-refractivity contribution in [1.82, 2.24) is 4.90 Å². The summed E-state index contributed by atoms with van der Waals surface area (Å²) in [4.78, 5) is 2.42. The standard InChI is InChI=1S/C10H24N2/c1-6-9(11)8-12(7-2)10(3,4)5/h9H,6-8,11H2,1-5H3. The third-order valence-corrected chi connectivity index (χ3v) is 2.31. The van der Waals surface area contributed by atoms with E-state index in [-0.39, 0.29) is 5.54 Å². The Kier molecular flexibility index (Phi) is 4.80. The lowest BCUT2D eigenvalue weighted by Crippen LogP contribution is -2.47. The zero-order valence-corrected chi connectivity index (χ0v) is 9.22. The van der Waals surface area contributed by atoms with Crippen LogP contribution in [-0.4, -0.2) is 29.6 Å². The highest BCUT2D eigenvalue weighted by molar-refractivity contribution is 4.78. The van der Waals surface area contributed by atoms with Gasteiger partial charge in [-0.25, -0.2) is 0 Å².